The molecule has 0 radical (unpaired) electrons. The molecule has 1 amide bonds. The fourth-order valence-corrected chi connectivity index (χ4v) is 2.99. The van der Waals surface area contributed by atoms with E-state index in [-0.39, 0.29) is 18.0 Å². The van der Waals surface area contributed by atoms with Gasteiger partial charge in [0, 0.05) is 18.6 Å². The molecule has 128 valence electrons. The number of benzene rings is 2. The summed E-state index contributed by atoms with van der Waals surface area (Å²) in [5.41, 5.74) is 1.58. The maximum Gasteiger partial charge on any atom is 0.258 e. The van der Waals surface area contributed by atoms with Crippen molar-refractivity contribution < 1.29 is 4.79 Å². The molecule has 4 rings (SSSR count). The van der Waals surface area contributed by atoms with Crippen molar-refractivity contribution in [2.24, 2.45) is 0 Å². The van der Waals surface area contributed by atoms with E-state index >= 15 is 0 Å². The minimum atomic E-state index is -0.210. The van der Waals surface area contributed by atoms with Crippen LogP contribution in [0.4, 0.5) is 0 Å². The summed E-state index contributed by atoms with van der Waals surface area (Å²) >= 11 is 0. The van der Waals surface area contributed by atoms with E-state index in [0.717, 1.165) is 5.39 Å². The second kappa shape index (κ2) is 6.40. The summed E-state index contributed by atoms with van der Waals surface area (Å²) in [4.78, 5) is 38.1. The fraction of sp³-hybridized carbons (Fsp3) is 0.100. The van der Waals surface area contributed by atoms with Crippen LogP contribution in [0, 0.1) is 0 Å². The number of carbonyl (C=O) groups excluding carboxylic acids is 1. The molecule has 0 spiro atoms. The van der Waals surface area contributed by atoms with Gasteiger partial charge in [-0.2, -0.15) is 0 Å². The molecule has 26 heavy (non-hydrogen) atoms. The first-order valence-electron chi connectivity index (χ1n) is 8.20. The van der Waals surface area contributed by atoms with Gasteiger partial charge in [-0.05, 0) is 24.3 Å². The summed E-state index contributed by atoms with van der Waals surface area (Å²) in [6, 6.07) is 16.4. The minimum Gasteiger partial charge on any atom is -0.334 e. The van der Waals surface area contributed by atoms with Crippen molar-refractivity contribution in [1.82, 2.24) is 19.9 Å². The van der Waals surface area contributed by atoms with Gasteiger partial charge < -0.3 is 9.88 Å². The Bertz CT molecular complexity index is 1180. The number of pyridine rings is 1. The quantitative estimate of drug-likeness (QED) is 0.620. The van der Waals surface area contributed by atoms with Gasteiger partial charge in [0.1, 0.15) is 5.82 Å². The average molecular weight is 344 g/mol. The minimum absolute atomic E-state index is 0.176. The van der Waals surface area contributed by atoms with Crippen LogP contribution in [-0.4, -0.2) is 32.8 Å². The van der Waals surface area contributed by atoms with Crippen LogP contribution in [0.25, 0.3) is 21.8 Å². The van der Waals surface area contributed by atoms with Crippen molar-refractivity contribution in [3.8, 4) is 0 Å². The molecule has 0 aliphatic rings. The number of fused-ring (bicyclic) bond motifs is 2. The number of hydrogen-bond donors (Lipinski definition) is 1. The first kappa shape index (κ1) is 16.0. The molecular formula is C20H16N4O2. The molecule has 0 aliphatic carbocycles. The lowest BCUT2D eigenvalue weighted by Crippen LogP contribution is -2.28. The molecule has 1 N–H and O–H groups in total. The first-order chi connectivity index (χ1) is 12.6. The largest absolute Gasteiger partial charge is 0.334 e. The zero-order chi connectivity index (χ0) is 18.1. The predicted octanol–water partition coefficient (Wildman–Crippen LogP) is 2.74. The van der Waals surface area contributed by atoms with Gasteiger partial charge in [-0.3, -0.25) is 14.6 Å². The van der Waals surface area contributed by atoms with Crippen LogP contribution in [-0.2, 0) is 6.54 Å². The Morgan fingerprint density at radius 1 is 1.08 bits per heavy atom. The Balaban J connectivity index is 1.67. The molecule has 2 heterocycles. The van der Waals surface area contributed by atoms with Crippen LogP contribution in [0.15, 0.2) is 65.6 Å². The van der Waals surface area contributed by atoms with Crippen molar-refractivity contribution in [2.45, 2.75) is 6.54 Å². The van der Waals surface area contributed by atoms with Crippen molar-refractivity contribution in [3.63, 3.8) is 0 Å². The first-order valence-corrected chi connectivity index (χ1v) is 8.20. The Kier molecular flexibility index (Phi) is 3.93. The molecule has 6 nitrogen and oxygen atoms in total. The number of carbonyl (C=O) groups is 1. The molecule has 4 aromatic rings. The topological polar surface area (TPSA) is 79.0 Å². The van der Waals surface area contributed by atoms with E-state index in [1.807, 2.05) is 30.3 Å². The lowest BCUT2D eigenvalue weighted by molar-refractivity contribution is 0.0783. The Morgan fingerprint density at radius 3 is 2.77 bits per heavy atom. The third-order valence-electron chi connectivity index (χ3n) is 4.26. The lowest BCUT2D eigenvalue weighted by Gasteiger charge is -2.17. The summed E-state index contributed by atoms with van der Waals surface area (Å²) in [6.45, 7) is 0.197. The normalized spacial score (nSPS) is 11.0. The van der Waals surface area contributed by atoms with Crippen molar-refractivity contribution in [3.05, 3.63) is 82.5 Å². The van der Waals surface area contributed by atoms with Crippen LogP contribution in [0.5, 0.6) is 0 Å². The van der Waals surface area contributed by atoms with Crippen molar-refractivity contribution in [1.29, 1.82) is 0 Å². The van der Waals surface area contributed by atoms with E-state index in [1.165, 1.54) is 4.90 Å². The number of aromatic nitrogens is 3. The van der Waals surface area contributed by atoms with E-state index in [1.54, 1.807) is 37.5 Å². The fourth-order valence-electron chi connectivity index (χ4n) is 2.99. The van der Waals surface area contributed by atoms with E-state index in [2.05, 4.69) is 15.0 Å². The number of aromatic amines is 1. The number of amides is 1. The van der Waals surface area contributed by atoms with Crippen LogP contribution < -0.4 is 5.56 Å². The molecule has 0 aliphatic heterocycles. The van der Waals surface area contributed by atoms with Gasteiger partial charge in [-0.25, -0.2) is 4.98 Å². The highest BCUT2D eigenvalue weighted by atomic mass is 16.2. The van der Waals surface area contributed by atoms with Gasteiger partial charge >= 0.3 is 0 Å². The maximum atomic E-state index is 12.9. The zero-order valence-electron chi connectivity index (χ0n) is 14.1. The Labute approximate surface area is 149 Å². The highest BCUT2D eigenvalue weighted by molar-refractivity contribution is 6.05. The number of H-pyrrole nitrogens is 1. The second-order valence-corrected chi connectivity index (χ2v) is 6.07. The number of nitrogens with zero attached hydrogens (tertiary/aromatic N) is 3. The molecule has 0 saturated heterocycles. The standard InChI is InChI=1S/C20H16N4O2/c1-24(12-17-22-16-10-3-2-8-14(16)19(25)23-17)20(26)15-9-4-6-13-7-5-11-21-18(13)15/h2-11H,12H2,1H3,(H,22,23,25). The summed E-state index contributed by atoms with van der Waals surface area (Å²) in [6.07, 6.45) is 1.67. The molecule has 2 aromatic heterocycles. The summed E-state index contributed by atoms with van der Waals surface area (Å²) < 4.78 is 0. The molecule has 0 atom stereocenters. The number of nitrogens with one attached hydrogen (secondary N) is 1. The van der Waals surface area contributed by atoms with E-state index in [9.17, 15) is 9.59 Å². The SMILES string of the molecule is CN(Cc1nc2ccccc2c(=O)[nH]1)C(=O)c1cccc2cccnc12. The molecule has 6 heteroatoms. The molecule has 0 saturated carbocycles. The highest BCUT2D eigenvalue weighted by Gasteiger charge is 2.17. The zero-order valence-corrected chi connectivity index (χ0v) is 14.1. The molecular weight excluding hydrogens is 328 g/mol. The smallest absolute Gasteiger partial charge is 0.258 e. The third kappa shape index (κ3) is 2.82. The van der Waals surface area contributed by atoms with Gasteiger partial charge in [0.05, 0.1) is 28.5 Å². The lowest BCUT2D eigenvalue weighted by atomic mass is 10.1. The van der Waals surface area contributed by atoms with Crippen molar-refractivity contribution >= 4 is 27.7 Å². The molecule has 2 aromatic carbocycles. The summed E-state index contributed by atoms with van der Waals surface area (Å²) in [5.74, 6) is 0.267. The summed E-state index contributed by atoms with van der Waals surface area (Å²) in [5, 5.41) is 1.44. The van der Waals surface area contributed by atoms with Gasteiger partial charge in [0.15, 0.2) is 0 Å². The van der Waals surface area contributed by atoms with E-state index in [4.69, 9.17) is 0 Å². The van der Waals surface area contributed by atoms with Crippen LogP contribution >= 0.6 is 0 Å². The maximum absolute atomic E-state index is 12.9. The van der Waals surface area contributed by atoms with Gasteiger partial charge in [-0.15, -0.1) is 0 Å². The monoisotopic (exact) mass is 344 g/mol. The number of rotatable bonds is 3. The number of hydrogen-bond acceptors (Lipinski definition) is 4. The molecule has 0 fully saturated rings. The molecule has 0 bridgehead atoms. The van der Waals surface area contributed by atoms with E-state index < -0.39 is 0 Å². The van der Waals surface area contributed by atoms with Gasteiger partial charge in [-0.1, -0.05) is 30.3 Å². The average Bonchev–Trinajstić information content (AvgIpc) is 2.67. The highest BCUT2D eigenvalue weighted by Crippen LogP contribution is 2.18. The second-order valence-electron chi connectivity index (χ2n) is 6.07. The van der Waals surface area contributed by atoms with Gasteiger partial charge in [0.25, 0.3) is 11.5 Å². The molecule has 0 unspecified atom stereocenters. The third-order valence-corrected chi connectivity index (χ3v) is 4.26. The van der Waals surface area contributed by atoms with Crippen LogP contribution in [0.1, 0.15) is 16.2 Å². The number of para-hydroxylation sites is 2. The van der Waals surface area contributed by atoms with Crippen LogP contribution in [0.2, 0.25) is 0 Å². The Hall–Kier alpha value is -3.54. The van der Waals surface area contributed by atoms with Gasteiger partial charge in [0.2, 0.25) is 0 Å². The Morgan fingerprint density at radius 2 is 1.88 bits per heavy atom. The predicted molar refractivity (Wildman–Crippen MR) is 99.9 cm³/mol. The van der Waals surface area contributed by atoms with Crippen LogP contribution in [0.3, 0.4) is 0 Å². The van der Waals surface area contributed by atoms with Crippen molar-refractivity contribution in [2.75, 3.05) is 7.05 Å². The van der Waals surface area contributed by atoms with E-state index in [0.29, 0.717) is 27.8 Å². The summed E-state index contributed by atoms with van der Waals surface area (Å²) in [7, 11) is 1.68.